The molecular weight excluding hydrogens is 438 g/mol. The molecule has 0 aliphatic heterocycles. The number of nitrogens with one attached hydrogen (secondary N) is 2. The molecule has 8 nitrogen and oxygen atoms in total. The molecule has 0 aliphatic carbocycles. The maximum Gasteiger partial charge on any atom is 0.292 e. The molecule has 0 radical (unpaired) electrons. The Kier molecular flexibility index (Phi) is 5.45. The van der Waals surface area contributed by atoms with Gasteiger partial charge >= 0.3 is 0 Å². The first kappa shape index (κ1) is 20.7. The largest absolute Gasteiger partial charge is 0.459 e. The highest BCUT2D eigenvalue weighted by Crippen LogP contribution is 2.27. The van der Waals surface area contributed by atoms with E-state index in [0.717, 1.165) is 10.4 Å². The van der Waals surface area contributed by atoms with Gasteiger partial charge in [0.1, 0.15) is 11.5 Å². The number of amides is 1. The molecule has 0 fully saturated rings. The SMILES string of the molecule is Cc1nc(-n2nc(-c3cccs3)cc2NC(=O)c2ccco2)[nH]c(=O)c1Cc1ccccc1. The number of rotatable bonds is 6. The van der Waals surface area contributed by atoms with E-state index in [-0.39, 0.29) is 17.3 Å². The Morgan fingerprint density at radius 3 is 2.70 bits per heavy atom. The topological polar surface area (TPSA) is 106 Å². The molecule has 9 heteroatoms. The van der Waals surface area contributed by atoms with E-state index in [9.17, 15) is 9.59 Å². The molecule has 0 aliphatic rings. The molecule has 4 aromatic heterocycles. The van der Waals surface area contributed by atoms with E-state index in [0.29, 0.717) is 29.2 Å². The molecule has 0 saturated heterocycles. The zero-order chi connectivity index (χ0) is 22.8. The first-order valence-corrected chi connectivity index (χ1v) is 11.1. The van der Waals surface area contributed by atoms with Gasteiger partial charge in [-0.2, -0.15) is 9.78 Å². The van der Waals surface area contributed by atoms with Crippen LogP contribution in [0.2, 0.25) is 0 Å². The lowest BCUT2D eigenvalue weighted by Gasteiger charge is -2.10. The number of carbonyl (C=O) groups excluding carboxylic acids is 1. The predicted octanol–water partition coefficient (Wildman–Crippen LogP) is 4.43. The highest BCUT2D eigenvalue weighted by atomic mass is 32.1. The van der Waals surface area contributed by atoms with Crippen LogP contribution in [0, 0.1) is 6.92 Å². The maximum absolute atomic E-state index is 13.0. The van der Waals surface area contributed by atoms with E-state index >= 15 is 0 Å². The lowest BCUT2D eigenvalue weighted by Crippen LogP contribution is -2.22. The monoisotopic (exact) mass is 457 g/mol. The van der Waals surface area contributed by atoms with E-state index in [1.54, 1.807) is 25.1 Å². The number of aryl methyl sites for hydroxylation is 1. The minimum absolute atomic E-state index is 0.163. The van der Waals surface area contributed by atoms with Gasteiger partial charge < -0.3 is 9.73 Å². The number of anilines is 1. The van der Waals surface area contributed by atoms with Crippen molar-refractivity contribution in [2.75, 3.05) is 5.32 Å². The van der Waals surface area contributed by atoms with Crippen molar-refractivity contribution in [2.45, 2.75) is 13.3 Å². The summed E-state index contributed by atoms with van der Waals surface area (Å²) < 4.78 is 6.62. The zero-order valence-electron chi connectivity index (χ0n) is 17.6. The van der Waals surface area contributed by atoms with Crippen LogP contribution < -0.4 is 10.9 Å². The first-order chi connectivity index (χ1) is 16.1. The van der Waals surface area contributed by atoms with Gasteiger partial charge in [-0.05, 0) is 36.1 Å². The summed E-state index contributed by atoms with van der Waals surface area (Å²) in [4.78, 5) is 33.9. The Labute approximate surface area is 192 Å². The lowest BCUT2D eigenvalue weighted by atomic mass is 10.1. The van der Waals surface area contributed by atoms with E-state index in [2.05, 4.69) is 20.4 Å². The standard InChI is InChI=1S/C24H19N5O3S/c1-15-17(13-16-7-3-2-4-8-16)22(30)27-24(25-15)29-21(26-23(31)19-9-5-11-32-19)14-18(28-29)20-10-6-12-33-20/h2-12,14H,13H2,1H3,(H,26,31)(H,25,27,30). The Morgan fingerprint density at radius 1 is 1.15 bits per heavy atom. The maximum atomic E-state index is 13.0. The molecule has 4 heterocycles. The fourth-order valence-electron chi connectivity index (χ4n) is 3.47. The van der Waals surface area contributed by atoms with Crippen molar-refractivity contribution in [3.63, 3.8) is 0 Å². The Bertz CT molecular complexity index is 1450. The fourth-order valence-corrected chi connectivity index (χ4v) is 4.15. The Hall–Kier alpha value is -4.24. The van der Waals surface area contributed by atoms with Crippen molar-refractivity contribution in [1.29, 1.82) is 0 Å². The number of nitrogens with zero attached hydrogens (tertiary/aromatic N) is 3. The summed E-state index contributed by atoms with van der Waals surface area (Å²) in [6.45, 7) is 1.79. The van der Waals surface area contributed by atoms with Crippen molar-refractivity contribution < 1.29 is 9.21 Å². The van der Waals surface area contributed by atoms with Crippen molar-refractivity contribution in [3.05, 3.63) is 105 Å². The third-order valence-corrected chi connectivity index (χ3v) is 6.00. The van der Waals surface area contributed by atoms with Gasteiger partial charge in [-0.1, -0.05) is 36.4 Å². The number of hydrogen-bond acceptors (Lipinski definition) is 6. The number of aromatic amines is 1. The molecule has 0 saturated carbocycles. The van der Waals surface area contributed by atoms with Crippen LogP contribution in [0.4, 0.5) is 5.82 Å². The number of benzene rings is 1. The van der Waals surface area contributed by atoms with Crippen molar-refractivity contribution in [3.8, 4) is 16.5 Å². The Balaban J connectivity index is 1.55. The summed E-state index contributed by atoms with van der Waals surface area (Å²) in [6, 6.07) is 18.5. The number of thiophene rings is 1. The smallest absolute Gasteiger partial charge is 0.292 e. The molecule has 164 valence electrons. The van der Waals surface area contributed by atoms with Crippen LogP contribution in [-0.4, -0.2) is 25.7 Å². The van der Waals surface area contributed by atoms with Gasteiger partial charge in [0.25, 0.3) is 11.5 Å². The van der Waals surface area contributed by atoms with Gasteiger partial charge in [-0.3, -0.25) is 14.6 Å². The molecule has 1 amide bonds. The number of hydrogen-bond donors (Lipinski definition) is 2. The number of carbonyl (C=O) groups is 1. The van der Waals surface area contributed by atoms with Crippen molar-refractivity contribution in [2.24, 2.45) is 0 Å². The van der Waals surface area contributed by atoms with Gasteiger partial charge in [-0.25, -0.2) is 4.98 Å². The zero-order valence-corrected chi connectivity index (χ0v) is 18.4. The third-order valence-electron chi connectivity index (χ3n) is 5.10. The fraction of sp³-hybridized carbons (Fsp3) is 0.0833. The quantitative estimate of drug-likeness (QED) is 0.392. The lowest BCUT2D eigenvalue weighted by molar-refractivity contribution is 0.0996. The first-order valence-electron chi connectivity index (χ1n) is 10.2. The van der Waals surface area contributed by atoms with Gasteiger partial charge in [-0.15, -0.1) is 11.3 Å². The molecule has 33 heavy (non-hydrogen) atoms. The molecule has 0 atom stereocenters. The number of furan rings is 1. The van der Waals surface area contributed by atoms with E-state index in [4.69, 9.17) is 4.42 Å². The highest BCUT2D eigenvalue weighted by molar-refractivity contribution is 7.13. The van der Waals surface area contributed by atoms with E-state index < -0.39 is 5.91 Å². The van der Waals surface area contributed by atoms with Crippen LogP contribution in [0.15, 0.2) is 81.5 Å². The average molecular weight is 458 g/mol. The minimum atomic E-state index is -0.432. The molecule has 0 spiro atoms. The van der Waals surface area contributed by atoms with Gasteiger partial charge in [0.15, 0.2) is 5.76 Å². The molecule has 0 bridgehead atoms. The molecule has 0 unspecified atom stereocenters. The highest BCUT2D eigenvalue weighted by Gasteiger charge is 2.19. The summed E-state index contributed by atoms with van der Waals surface area (Å²) in [5.41, 5.74) is 2.59. The molecule has 5 aromatic rings. The van der Waals surface area contributed by atoms with Crippen LogP contribution in [0.25, 0.3) is 16.5 Å². The van der Waals surface area contributed by atoms with Crippen LogP contribution in [-0.2, 0) is 6.42 Å². The van der Waals surface area contributed by atoms with Gasteiger partial charge in [0.2, 0.25) is 5.95 Å². The van der Waals surface area contributed by atoms with Crippen molar-refractivity contribution in [1.82, 2.24) is 19.7 Å². The molecular formula is C24H19N5O3S. The van der Waals surface area contributed by atoms with Crippen LogP contribution in [0.1, 0.15) is 27.4 Å². The summed E-state index contributed by atoms with van der Waals surface area (Å²) >= 11 is 1.52. The van der Waals surface area contributed by atoms with Gasteiger partial charge in [0.05, 0.1) is 16.8 Å². The second-order valence-corrected chi connectivity index (χ2v) is 8.30. The number of aromatic nitrogens is 4. The molecule has 2 N–H and O–H groups in total. The molecule has 1 aromatic carbocycles. The number of H-pyrrole nitrogens is 1. The van der Waals surface area contributed by atoms with Crippen LogP contribution in [0.5, 0.6) is 0 Å². The Morgan fingerprint density at radius 2 is 2.00 bits per heavy atom. The van der Waals surface area contributed by atoms with Crippen molar-refractivity contribution >= 4 is 23.1 Å². The average Bonchev–Trinajstić information content (AvgIpc) is 3.58. The van der Waals surface area contributed by atoms with E-state index in [1.807, 2.05) is 47.8 Å². The van der Waals surface area contributed by atoms with Gasteiger partial charge in [0, 0.05) is 18.1 Å². The predicted molar refractivity (Wildman–Crippen MR) is 126 cm³/mol. The summed E-state index contributed by atoms with van der Waals surface area (Å²) in [5, 5.41) is 9.34. The summed E-state index contributed by atoms with van der Waals surface area (Å²) in [5.74, 6) is 0.305. The van der Waals surface area contributed by atoms with Crippen LogP contribution >= 0.6 is 11.3 Å². The van der Waals surface area contributed by atoms with Crippen LogP contribution in [0.3, 0.4) is 0 Å². The van der Waals surface area contributed by atoms with E-state index in [1.165, 1.54) is 22.3 Å². The normalized spacial score (nSPS) is 10.9. The second-order valence-electron chi connectivity index (χ2n) is 7.35. The second kappa shape index (κ2) is 8.71. The summed E-state index contributed by atoms with van der Waals surface area (Å²) in [7, 11) is 0. The summed E-state index contributed by atoms with van der Waals surface area (Å²) in [6.07, 6.45) is 1.90. The molecule has 5 rings (SSSR count). The third kappa shape index (κ3) is 4.26. The minimum Gasteiger partial charge on any atom is -0.459 e.